The molecule has 0 unspecified atom stereocenters. The first-order valence-electron chi connectivity index (χ1n) is 9.23. The third-order valence-electron chi connectivity index (χ3n) is 8.54. The average Bonchev–Trinajstić information content (AvgIpc) is 2.68. The zero-order chi connectivity index (χ0) is 15.8. The van der Waals surface area contributed by atoms with Gasteiger partial charge in [-0.2, -0.15) is 0 Å². The monoisotopic (exact) mass is 302 g/mol. The summed E-state index contributed by atoms with van der Waals surface area (Å²) in [4.78, 5) is 12.0. The minimum Gasteiger partial charge on any atom is -0.481 e. The average molecular weight is 302 g/mol. The summed E-state index contributed by atoms with van der Waals surface area (Å²) in [6.45, 7) is 8.86. The summed E-state index contributed by atoms with van der Waals surface area (Å²) in [5, 5.41) is 9.90. The van der Waals surface area contributed by atoms with Crippen LogP contribution in [0.5, 0.6) is 0 Å². The molecule has 0 radical (unpaired) electrons. The van der Waals surface area contributed by atoms with E-state index in [4.69, 9.17) is 0 Å². The van der Waals surface area contributed by atoms with Crippen LogP contribution in [0, 0.1) is 34.0 Å². The Bertz CT molecular complexity index is 538. The first kappa shape index (κ1) is 14.8. The van der Waals surface area contributed by atoms with Gasteiger partial charge in [-0.15, -0.1) is 0 Å². The second-order valence-electron chi connectivity index (χ2n) is 9.40. The second-order valence-corrected chi connectivity index (χ2v) is 9.40. The van der Waals surface area contributed by atoms with E-state index < -0.39 is 11.4 Å². The molecule has 4 rings (SSSR count). The maximum Gasteiger partial charge on any atom is 0.309 e. The standard InChI is InChI=1S/C20H30O2/c1-13-11-20-10-7-15-18(2,16(20)6-5-14(13)12-20)8-4-9-19(15,3)17(21)22/h14-16H,1,4-12H2,2-3H3,(H,21,22)/t14-,15+,16-,18-,19+,20-/m1/s1. The highest BCUT2D eigenvalue weighted by Gasteiger charge is 2.64. The number of allylic oxidation sites excluding steroid dienone is 1. The fourth-order valence-corrected chi connectivity index (χ4v) is 7.61. The van der Waals surface area contributed by atoms with Crippen molar-refractivity contribution in [2.45, 2.75) is 71.6 Å². The van der Waals surface area contributed by atoms with Crippen LogP contribution in [0.25, 0.3) is 0 Å². The van der Waals surface area contributed by atoms with Crippen molar-refractivity contribution in [3.63, 3.8) is 0 Å². The number of hydrogen-bond donors (Lipinski definition) is 1. The molecule has 0 aromatic carbocycles. The lowest BCUT2D eigenvalue weighted by Gasteiger charge is -2.63. The zero-order valence-corrected chi connectivity index (χ0v) is 14.2. The SMILES string of the molecule is C=C1C[C@@]23CC[C@H]4[C@@](C)(CCC[C@]4(C)C(=O)O)[C@H]2CC[C@@H]1C3. The van der Waals surface area contributed by atoms with E-state index in [0.717, 1.165) is 31.1 Å². The van der Waals surface area contributed by atoms with E-state index in [0.29, 0.717) is 11.3 Å². The molecular weight excluding hydrogens is 272 g/mol. The van der Waals surface area contributed by atoms with Gasteiger partial charge in [0.2, 0.25) is 0 Å². The Hall–Kier alpha value is -0.790. The molecule has 0 saturated heterocycles. The van der Waals surface area contributed by atoms with Crippen LogP contribution >= 0.6 is 0 Å². The van der Waals surface area contributed by atoms with E-state index >= 15 is 0 Å². The van der Waals surface area contributed by atoms with Crippen molar-refractivity contribution in [2.24, 2.45) is 34.0 Å². The molecule has 2 bridgehead atoms. The third-order valence-corrected chi connectivity index (χ3v) is 8.54. The first-order valence-corrected chi connectivity index (χ1v) is 9.23. The summed E-state index contributed by atoms with van der Waals surface area (Å²) in [7, 11) is 0. The minimum atomic E-state index is -0.552. The smallest absolute Gasteiger partial charge is 0.309 e. The Morgan fingerprint density at radius 1 is 1.14 bits per heavy atom. The molecule has 2 heteroatoms. The van der Waals surface area contributed by atoms with Crippen LogP contribution in [0.3, 0.4) is 0 Å². The van der Waals surface area contributed by atoms with Gasteiger partial charge in [-0.3, -0.25) is 4.79 Å². The number of aliphatic carboxylic acids is 1. The van der Waals surface area contributed by atoms with Gasteiger partial charge in [-0.1, -0.05) is 25.5 Å². The Balaban J connectivity index is 1.75. The van der Waals surface area contributed by atoms with Crippen LogP contribution in [-0.4, -0.2) is 11.1 Å². The van der Waals surface area contributed by atoms with Gasteiger partial charge in [0.15, 0.2) is 0 Å². The second kappa shape index (κ2) is 4.39. The molecular formula is C20H30O2. The van der Waals surface area contributed by atoms with Gasteiger partial charge >= 0.3 is 5.97 Å². The molecule has 22 heavy (non-hydrogen) atoms. The summed E-state index contributed by atoms with van der Waals surface area (Å²) in [6, 6.07) is 0. The summed E-state index contributed by atoms with van der Waals surface area (Å²) in [5.41, 5.74) is 1.71. The molecule has 4 aliphatic carbocycles. The maximum atomic E-state index is 12.0. The lowest BCUT2D eigenvalue weighted by atomic mass is 9.41. The largest absolute Gasteiger partial charge is 0.481 e. The molecule has 6 atom stereocenters. The fraction of sp³-hybridized carbons (Fsp3) is 0.850. The molecule has 4 saturated carbocycles. The van der Waals surface area contributed by atoms with E-state index in [1.165, 1.54) is 44.1 Å². The first-order chi connectivity index (χ1) is 10.3. The van der Waals surface area contributed by atoms with E-state index in [2.05, 4.69) is 13.5 Å². The van der Waals surface area contributed by atoms with Gasteiger partial charge in [0, 0.05) is 0 Å². The Kier molecular flexibility index (Phi) is 2.95. The molecule has 0 heterocycles. The molecule has 1 spiro atoms. The molecule has 0 aliphatic heterocycles. The third kappa shape index (κ3) is 1.65. The molecule has 4 fully saturated rings. The Morgan fingerprint density at radius 2 is 1.91 bits per heavy atom. The van der Waals surface area contributed by atoms with Crippen molar-refractivity contribution in [2.75, 3.05) is 0 Å². The topological polar surface area (TPSA) is 37.3 Å². The van der Waals surface area contributed by atoms with Crippen molar-refractivity contribution in [1.29, 1.82) is 0 Å². The molecule has 0 amide bonds. The van der Waals surface area contributed by atoms with E-state index in [9.17, 15) is 9.90 Å². The van der Waals surface area contributed by atoms with Crippen LogP contribution in [0.2, 0.25) is 0 Å². The quantitative estimate of drug-likeness (QED) is 0.689. The van der Waals surface area contributed by atoms with Gasteiger partial charge in [0.05, 0.1) is 5.41 Å². The summed E-state index contributed by atoms with van der Waals surface area (Å²) < 4.78 is 0. The predicted octanol–water partition coefficient (Wildman–Crippen LogP) is 5.04. The van der Waals surface area contributed by atoms with E-state index in [1.54, 1.807) is 0 Å². The lowest BCUT2D eigenvalue weighted by molar-refractivity contribution is -0.181. The van der Waals surface area contributed by atoms with Crippen LogP contribution in [0.15, 0.2) is 12.2 Å². The van der Waals surface area contributed by atoms with Gasteiger partial charge < -0.3 is 5.11 Å². The Morgan fingerprint density at radius 3 is 2.64 bits per heavy atom. The van der Waals surface area contributed by atoms with Gasteiger partial charge in [0.25, 0.3) is 0 Å². The maximum absolute atomic E-state index is 12.0. The number of fused-ring (bicyclic) bond motifs is 3. The molecule has 4 aliphatic rings. The fourth-order valence-electron chi connectivity index (χ4n) is 7.61. The van der Waals surface area contributed by atoms with Gasteiger partial charge in [0.1, 0.15) is 0 Å². The summed E-state index contributed by atoms with van der Waals surface area (Å²) in [6.07, 6.45) is 10.8. The van der Waals surface area contributed by atoms with Crippen molar-refractivity contribution in [3.8, 4) is 0 Å². The van der Waals surface area contributed by atoms with Crippen molar-refractivity contribution in [1.82, 2.24) is 0 Å². The lowest BCUT2D eigenvalue weighted by Crippen LogP contribution is -2.58. The predicted molar refractivity (Wildman–Crippen MR) is 87.4 cm³/mol. The zero-order valence-electron chi connectivity index (χ0n) is 14.2. The van der Waals surface area contributed by atoms with E-state index in [1.807, 2.05) is 6.92 Å². The van der Waals surface area contributed by atoms with Gasteiger partial charge in [-0.25, -0.2) is 0 Å². The Labute approximate surface area is 134 Å². The van der Waals surface area contributed by atoms with Crippen LogP contribution < -0.4 is 0 Å². The van der Waals surface area contributed by atoms with Gasteiger partial charge in [-0.05, 0) is 86.9 Å². The normalized spacial score (nSPS) is 53.7. The number of carbonyl (C=O) groups is 1. The highest BCUT2D eigenvalue weighted by Crippen LogP contribution is 2.72. The molecule has 0 aromatic heterocycles. The molecule has 1 N–H and O–H groups in total. The number of carboxylic acid groups (broad SMARTS) is 1. The molecule has 2 nitrogen and oxygen atoms in total. The van der Waals surface area contributed by atoms with E-state index in [-0.39, 0.29) is 5.41 Å². The number of hydrogen-bond acceptors (Lipinski definition) is 1. The van der Waals surface area contributed by atoms with Crippen molar-refractivity contribution in [3.05, 3.63) is 12.2 Å². The number of carboxylic acids is 1. The number of rotatable bonds is 1. The van der Waals surface area contributed by atoms with Crippen LogP contribution in [0.4, 0.5) is 0 Å². The summed E-state index contributed by atoms with van der Waals surface area (Å²) in [5.74, 6) is 1.32. The molecule has 122 valence electrons. The van der Waals surface area contributed by atoms with Crippen molar-refractivity contribution < 1.29 is 9.90 Å². The highest BCUT2D eigenvalue weighted by molar-refractivity contribution is 5.75. The summed E-state index contributed by atoms with van der Waals surface area (Å²) >= 11 is 0. The van der Waals surface area contributed by atoms with Crippen molar-refractivity contribution >= 4 is 5.97 Å². The van der Waals surface area contributed by atoms with Crippen LogP contribution in [0.1, 0.15) is 71.6 Å². The minimum absolute atomic E-state index is 0.235. The highest BCUT2D eigenvalue weighted by atomic mass is 16.4. The van der Waals surface area contributed by atoms with Crippen LogP contribution in [-0.2, 0) is 4.79 Å². The molecule has 0 aromatic rings.